The van der Waals surface area contributed by atoms with Gasteiger partial charge >= 0.3 is 5.97 Å². The van der Waals surface area contributed by atoms with Crippen LogP contribution in [0.25, 0.3) is 0 Å². The molecular weight excluding hydrogens is 908 g/mol. The number of hydrogen-bond acceptors (Lipinski definition) is 18. The van der Waals surface area contributed by atoms with Gasteiger partial charge in [0.15, 0.2) is 0 Å². The summed E-state index contributed by atoms with van der Waals surface area (Å²) in [5.41, 5.74) is 6.06. The zero-order chi connectivity index (χ0) is 51.1. The third-order valence-electron chi connectivity index (χ3n) is 9.37. The molecular formula is C40H56N10O18. The Kier molecular flexibility index (Phi) is 23.7. The van der Waals surface area contributed by atoms with Gasteiger partial charge in [-0.05, 0) is 42.3 Å². The number of aliphatic hydroxyl groups excluding tert-OH is 5. The fourth-order valence-corrected chi connectivity index (χ4v) is 5.60. The molecule has 0 saturated carbocycles. The van der Waals surface area contributed by atoms with Crippen LogP contribution in [-0.2, 0) is 60.8 Å². The van der Waals surface area contributed by atoms with Crippen molar-refractivity contribution in [3.63, 3.8) is 0 Å². The maximum absolute atomic E-state index is 13.6. The summed E-state index contributed by atoms with van der Waals surface area (Å²) >= 11 is 0. The molecule has 0 radical (unpaired) electrons. The van der Waals surface area contributed by atoms with E-state index in [1.165, 1.54) is 48.5 Å². The molecule has 9 amide bonds. The lowest BCUT2D eigenvalue weighted by atomic mass is 10.0. The molecule has 0 saturated heterocycles. The van der Waals surface area contributed by atoms with Crippen molar-refractivity contribution >= 4 is 59.1 Å². The van der Waals surface area contributed by atoms with E-state index in [1.807, 2.05) is 5.32 Å². The lowest BCUT2D eigenvalue weighted by molar-refractivity contribution is -0.143. The predicted octanol–water partition coefficient (Wildman–Crippen LogP) is -9.10. The molecule has 374 valence electrons. The first kappa shape index (κ1) is 56.6. The van der Waals surface area contributed by atoms with Crippen molar-refractivity contribution in [2.75, 3.05) is 46.1 Å². The number of aromatic hydroxyl groups is 2. The quantitative estimate of drug-likeness (QED) is 0.0376. The highest BCUT2D eigenvalue weighted by Crippen LogP contribution is 2.13. The monoisotopic (exact) mass is 964 g/mol. The molecule has 0 bridgehead atoms. The molecule has 0 spiro atoms. The van der Waals surface area contributed by atoms with Crippen molar-refractivity contribution in [2.45, 2.75) is 68.2 Å². The van der Waals surface area contributed by atoms with Crippen molar-refractivity contribution in [2.24, 2.45) is 5.73 Å². The molecule has 0 fully saturated rings. The highest BCUT2D eigenvalue weighted by atomic mass is 16.4. The maximum Gasteiger partial charge on any atom is 0.328 e. The molecule has 0 aliphatic carbocycles. The standard InChI is InChI=1S/C40H56N10O18/c1-19(55)33(50-38(65)28(17-53)48-37(64)27(16-52)46-31(59)13-42-30(58)12-43-34(61)24(41)15-51)39(66)47-25(10-20-2-6-22(56)7-3-20)35(62)44-14-32(60)45-26(11-21-4-8-23(57)9-5-21)36(63)49-29(18-54)40(67)68/h2-9,19,24-29,33,51-57H,10-18,41H2,1H3,(H,42,58)(H,43,61)(H,44,62)(H,45,60)(H,46,59)(H,47,66)(H,48,64)(H,49,63)(H,50,65)(H,67,68)/t19-,24+,25+,26+,27+,28+,29+,33+/m1/s1. The van der Waals surface area contributed by atoms with Crippen LogP contribution in [-0.4, -0.2) is 194 Å². The molecule has 28 heteroatoms. The number of aliphatic carboxylic acids is 1. The summed E-state index contributed by atoms with van der Waals surface area (Å²) in [5.74, 6) is -11.4. The number of amides is 9. The summed E-state index contributed by atoms with van der Waals surface area (Å²) in [4.78, 5) is 127. The Morgan fingerprint density at radius 1 is 0.471 bits per heavy atom. The molecule has 68 heavy (non-hydrogen) atoms. The number of benzene rings is 2. The van der Waals surface area contributed by atoms with E-state index in [1.54, 1.807) is 0 Å². The summed E-state index contributed by atoms with van der Waals surface area (Å²) in [5, 5.41) is 96.7. The second-order valence-electron chi connectivity index (χ2n) is 14.8. The van der Waals surface area contributed by atoms with Crippen LogP contribution in [0.5, 0.6) is 11.5 Å². The first-order valence-electron chi connectivity index (χ1n) is 20.4. The van der Waals surface area contributed by atoms with Gasteiger partial charge in [-0.3, -0.25) is 43.2 Å². The van der Waals surface area contributed by atoms with Crippen molar-refractivity contribution < 1.29 is 88.8 Å². The van der Waals surface area contributed by atoms with Gasteiger partial charge in [0.05, 0.1) is 52.2 Å². The normalized spacial score (nSPS) is 14.3. The fraction of sp³-hybridized carbons (Fsp3) is 0.450. The second-order valence-corrected chi connectivity index (χ2v) is 14.8. The number of carbonyl (C=O) groups excluding carboxylic acids is 9. The topological polar surface area (TPSA) is 467 Å². The minimum atomic E-state index is -1.90. The number of hydrogen-bond donors (Lipinski definition) is 18. The minimum Gasteiger partial charge on any atom is -0.508 e. The SMILES string of the molecule is C[C@@H](O)[C@H](NC(=O)[C@H](CO)NC(=O)[C@H](CO)NC(=O)CNC(=O)CNC(=O)[C@@H](N)CO)C(=O)N[C@@H](Cc1ccc(O)cc1)C(=O)NCC(=O)N[C@@H](Cc1ccc(O)cc1)C(=O)N[C@@H](CO)C(=O)O. The summed E-state index contributed by atoms with van der Waals surface area (Å²) < 4.78 is 0. The molecule has 0 aliphatic rings. The number of carbonyl (C=O) groups is 10. The number of nitrogens with one attached hydrogen (secondary N) is 9. The van der Waals surface area contributed by atoms with Crippen LogP contribution < -0.4 is 53.6 Å². The van der Waals surface area contributed by atoms with Gasteiger partial charge < -0.3 is 94.4 Å². The molecule has 0 aliphatic heterocycles. The molecule has 0 unspecified atom stereocenters. The summed E-state index contributed by atoms with van der Waals surface area (Å²) in [7, 11) is 0. The van der Waals surface area contributed by atoms with Gasteiger partial charge in [-0.1, -0.05) is 24.3 Å². The van der Waals surface area contributed by atoms with Crippen LogP contribution in [0.4, 0.5) is 0 Å². The van der Waals surface area contributed by atoms with Gasteiger partial charge in [-0.2, -0.15) is 0 Å². The highest BCUT2D eigenvalue weighted by Gasteiger charge is 2.34. The number of phenols is 2. The van der Waals surface area contributed by atoms with Gasteiger partial charge in [0.25, 0.3) is 0 Å². The number of carboxylic acid groups (broad SMARTS) is 1. The van der Waals surface area contributed by atoms with Gasteiger partial charge in [0.2, 0.25) is 53.2 Å². The lowest BCUT2D eigenvalue weighted by Gasteiger charge is -2.27. The molecule has 2 rings (SSSR count). The third kappa shape index (κ3) is 19.5. The Hall–Kier alpha value is -7.50. The molecule has 8 atom stereocenters. The van der Waals surface area contributed by atoms with E-state index in [4.69, 9.17) is 10.8 Å². The van der Waals surface area contributed by atoms with E-state index in [-0.39, 0.29) is 24.3 Å². The second kappa shape index (κ2) is 28.5. The van der Waals surface area contributed by atoms with Gasteiger partial charge in [0.1, 0.15) is 53.8 Å². The smallest absolute Gasteiger partial charge is 0.328 e. The Morgan fingerprint density at radius 3 is 1.32 bits per heavy atom. The average molecular weight is 965 g/mol. The summed E-state index contributed by atoms with van der Waals surface area (Å²) in [6.45, 7) is -5.05. The van der Waals surface area contributed by atoms with E-state index in [2.05, 4.69) is 42.5 Å². The molecule has 2 aromatic carbocycles. The zero-order valence-electron chi connectivity index (χ0n) is 36.3. The highest BCUT2D eigenvalue weighted by molar-refractivity contribution is 5.97. The number of phenolic OH excluding ortho intramolecular Hbond substituents is 2. The van der Waals surface area contributed by atoms with Crippen LogP contribution in [0, 0.1) is 0 Å². The van der Waals surface area contributed by atoms with E-state index in [0.29, 0.717) is 11.1 Å². The van der Waals surface area contributed by atoms with E-state index in [0.717, 1.165) is 6.92 Å². The Labute approximate surface area is 386 Å². The Balaban J connectivity index is 2.17. The number of aliphatic hydroxyl groups is 5. The van der Waals surface area contributed by atoms with Crippen molar-refractivity contribution in [3.05, 3.63) is 59.7 Å². The van der Waals surface area contributed by atoms with Crippen LogP contribution in [0.2, 0.25) is 0 Å². The molecule has 28 nitrogen and oxygen atoms in total. The van der Waals surface area contributed by atoms with E-state index >= 15 is 0 Å². The minimum absolute atomic E-state index is 0.114. The van der Waals surface area contributed by atoms with Crippen LogP contribution in [0.15, 0.2) is 48.5 Å². The number of rotatable bonds is 28. The molecule has 19 N–H and O–H groups in total. The number of carboxylic acids is 1. The predicted molar refractivity (Wildman–Crippen MR) is 230 cm³/mol. The first-order chi connectivity index (χ1) is 32.1. The molecule has 0 heterocycles. The van der Waals surface area contributed by atoms with Crippen LogP contribution in [0.3, 0.4) is 0 Å². The maximum atomic E-state index is 13.6. The molecule has 0 aromatic heterocycles. The van der Waals surface area contributed by atoms with E-state index < -0.39 is 154 Å². The van der Waals surface area contributed by atoms with Crippen molar-refractivity contribution in [3.8, 4) is 11.5 Å². The summed E-state index contributed by atoms with van der Waals surface area (Å²) in [6.07, 6.45) is -2.29. The largest absolute Gasteiger partial charge is 0.508 e. The summed E-state index contributed by atoms with van der Waals surface area (Å²) in [6, 6.07) is -0.945. The van der Waals surface area contributed by atoms with Gasteiger partial charge in [-0.15, -0.1) is 0 Å². The third-order valence-corrected chi connectivity index (χ3v) is 9.37. The number of nitrogens with two attached hydrogens (primary N) is 1. The zero-order valence-corrected chi connectivity index (χ0v) is 36.3. The average Bonchev–Trinajstić information content (AvgIpc) is 3.30. The first-order valence-corrected chi connectivity index (χ1v) is 20.4. The van der Waals surface area contributed by atoms with Crippen LogP contribution >= 0.6 is 0 Å². The van der Waals surface area contributed by atoms with Gasteiger partial charge in [-0.25, -0.2) is 4.79 Å². The Morgan fingerprint density at radius 2 is 0.853 bits per heavy atom. The van der Waals surface area contributed by atoms with E-state index in [9.17, 15) is 83.7 Å². The van der Waals surface area contributed by atoms with Crippen molar-refractivity contribution in [1.82, 2.24) is 47.9 Å². The Bertz CT molecular complexity index is 2070. The molecule has 2 aromatic rings. The van der Waals surface area contributed by atoms with Crippen molar-refractivity contribution in [1.29, 1.82) is 0 Å². The van der Waals surface area contributed by atoms with Crippen LogP contribution in [0.1, 0.15) is 18.1 Å². The fourth-order valence-electron chi connectivity index (χ4n) is 5.60. The van der Waals surface area contributed by atoms with Gasteiger partial charge in [0, 0.05) is 12.8 Å². The lowest BCUT2D eigenvalue weighted by Crippen LogP contribution is -2.62.